The summed E-state index contributed by atoms with van der Waals surface area (Å²) in [5, 5.41) is 2.02. The molecule has 1 amide bonds. The van der Waals surface area contributed by atoms with E-state index < -0.39 is 0 Å². The SMILES string of the molecule is COC(=O)CCN(C(=O)Cc1cccs1)C12CC3CC(CC(C3)C1)C2. The first kappa shape index (κ1) is 17.1. The molecular weight excluding hydrogens is 334 g/mol. The standard InChI is InChI=1S/C20H27NO3S/c1-24-19(23)4-5-21(18(22)10-17-3-2-6-25-17)20-11-14-7-15(12-20)9-16(8-14)13-20/h2-3,6,14-16H,4-5,7-13H2,1H3. The van der Waals surface area contributed by atoms with Crippen LogP contribution in [0.1, 0.15) is 49.8 Å². The predicted molar refractivity (Wildman–Crippen MR) is 97.3 cm³/mol. The summed E-state index contributed by atoms with van der Waals surface area (Å²) in [6, 6.07) is 4.03. The largest absolute Gasteiger partial charge is 0.469 e. The number of hydrogen-bond donors (Lipinski definition) is 0. The van der Waals surface area contributed by atoms with Gasteiger partial charge in [-0.3, -0.25) is 9.59 Å². The Balaban J connectivity index is 1.56. The van der Waals surface area contributed by atoms with Gasteiger partial charge in [0.1, 0.15) is 0 Å². The van der Waals surface area contributed by atoms with Crippen LogP contribution in [0.2, 0.25) is 0 Å². The quantitative estimate of drug-likeness (QED) is 0.727. The zero-order chi connectivity index (χ0) is 17.4. The van der Waals surface area contributed by atoms with Crippen molar-refractivity contribution in [2.45, 2.75) is 56.9 Å². The van der Waals surface area contributed by atoms with Gasteiger partial charge in [-0.1, -0.05) is 6.07 Å². The summed E-state index contributed by atoms with van der Waals surface area (Å²) in [5.41, 5.74) is -0.00286. The zero-order valence-corrected chi connectivity index (χ0v) is 15.7. The Kier molecular flexibility index (Phi) is 4.61. The normalized spacial score (nSPS) is 32.6. The molecule has 4 nitrogen and oxygen atoms in total. The molecule has 1 heterocycles. The van der Waals surface area contributed by atoms with Crippen molar-refractivity contribution in [3.05, 3.63) is 22.4 Å². The van der Waals surface area contributed by atoms with Crippen molar-refractivity contribution in [3.8, 4) is 0 Å². The fourth-order valence-electron chi connectivity index (χ4n) is 5.98. The Morgan fingerprint density at radius 1 is 1.20 bits per heavy atom. The van der Waals surface area contributed by atoms with Gasteiger partial charge in [0.05, 0.1) is 20.0 Å². The van der Waals surface area contributed by atoms with Gasteiger partial charge in [0.25, 0.3) is 0 Å². The van der Waals surface area contributed by atoms with Crippen LogP contribution in [0.25, 0.3) is 0 Å². The minimum absolute atomic E-state index is 0.00286. The molecule has 0 saturated heterocycles. The summed E-state index contributed by atoms with van der Waals surface area (Å²) < 4.78 is 4.83. The van der Waals surface area contributed by atoms with Gasteiger partial charge in [-0.05, 0) is 67.7 Å². The third kappa shape index (κ3) is 3.35. The molecular formula is C20H27NO3S. The van der Waals surface area contributed by atoms with Gasteiger partial charge in [-0.25, -0.2) is 0 Å². The minimum Gasteiger partial charge on any atom is -0.469 e. The molecule has 5 rings (SSSR count). The highest BCUT2D eigenvalue weighted by atomic mass is 32.1. The van der Waals surface area contributed by atoms with Crippen molar-refractivity contribution < 1.29 is 14.3 Å². The smallest absolute Gasteiger partial charge is 0.307 e. The van der Waals surface area contributed by atoms with Crippen molar-refractivity contribution in [1.29, 1.82) is 0 Å². The van der Waals surface area contributed by atoms with E-state index in [9.17, 15) is 9.59 Å². The molecule has 4 aliphatic carbocycles. The lowest BCUT2D eigenvalue weighted by atomic mass is 9.52. The average molecular weight is 362 g/mol. The number of thiophene rings is 1. The van der Waals surface area contributed by atoms with Crippen LogP contribution in [0.15, 0.2) is 17.5 Å². The van der Waals surface area contributed by atoms with E-state index in [-0.39, 0.29) is 17.4 Å². The van der Waals surface area contributed by atoms with Crippen molar-refractivity contribution in [2.24, 2.45) is 17.8 Å². The molecule has 0 radical (unpaired) electrons. The average Bonchev–Trinajstić information content (AvgIpc) is 3.06. The molecule has 136 valence electrons. The summed E-state index contributed by atoms with van der Waals surface area (Å²) in [6.45, 7) is 0.503. The molecule has 4 fully saturated rings. The predicted octanol–water partition coefficient (Wildman–Crippen LogP) is 3.65. The Morgan fingerprint density at radius 3 is 2.36 bits per heavy atom. The number of esters is 1. The monoisotopic (exact) mass is 361 g/mol. The van der Waals surface area contributed by atoms with Gasteiger partial charge in [-0.2, -0.15) is 0 Å². The molecule has 0 unspecified atom stereocenters. The maximum atomic E-state index is 13.2. The number of nitrogens with zero attached hydrogens (tertiary/aromatic N) is 1. The fraction of sp³-hybridized carbons (Fsp3) is 0.700. The summed E-state index contributed by atoms with van der Waals surface area (Å²) in [7, 11) is 1.42. The molecule has 0 aromatic carbocycles. The van der Waals surface area contributed by atoms with Gasteiger partial charge in [-0.15, -0.1) is 11.3 Å². The van der Waals surface area contributed by atoms with Crippen molar-refractivity contribution in [3.63, 3.8) is 0 Å². The van der Waals surface area contributed by atoms with Gasteiger partial charge >= 0.3 is 5.97 Å². The molecule has 0 atom stereocenters. The number of ether oxygens (including phenoxy) is 1. The highest BCUT2D eigenvalue weighted by Crippen LogP contribution is 2.57. The first-order valence-corrected chi connectivity index (χ1v) is 10.4. The van der Waals surface area contributed by atoms with E-state index in [1.54, 1.807) is 11.3 Å². The molecule has 4 saturated carbocycles. The molecule has 0 spiro atoms. The van der Waals surface area contributed by atoms with Crippen LogP contribution < -0.4 is 0 Å². The number of hydrogen-bond acceptors (Lipinski definition) is 4. The minimum atomic E-state index is -0.223. The van der Waals surface area contributed by atoms with Gasteiger partial charge < -0.3 is 9.64 Å². The Hall–Kier alpha value is -1.36. The second kappa shape index (κ2) is 6.75. The second-order valence-corrected chi connectivity index (χ2v) is 9.30. The van der Waals surface area contributed by atoms with Crippen LogP contribution in [0.3, 0.4) is 0 Å². The molecule has 5 heteroatoms. The third-order valence-corrected chi connectivity index (χ3v) is 7.43. The van der Waals surface area contributed by atoms with E-state index in [0.717, 1.165) is 41.9 Å². The van der Waals surface area contributed by atoms with Crippen LogP contribution >= 0.6 is 11.3 Å². The van der Waals surface area contributed by atoms with E-state index >= 15 is 0 Å². The molecule has 0 aliphatic heterocycles. The first-order valence-electron chi connectivity index (χ1n) is 9.47. The van der Waals surface area contributed by atoms with E-state index in [2.05, 4.69) is 4.90 Å². The number of amides is 1. The lowest BCUT2D eigenvalue weighted by Crippen LogP contribution is -2.62. The summed E-state index contributed by atoms with van der Waals surface area (Å²) in [4.78, 5) is 28.1. The van der Waals surface area contributed by atoms with E-state index in [1.807, 2.05) is 17.5 Å². The van der Waals surface area contributed by atoms with Crippen LogP contribution in [0.4, 0.5) is 0 Å². The van der Waals surface area contributed by atoms with Crippen LogP contribution in [-0.4, -0.2) is 36.0 Å². The summed E-state index contributed by atoms with van der Waals surface area (Å²) in [6.07, 6.45) is 8.22. The van der Waals surface area contributed by atoms with Crippen molar-refractivity contribution in [1.82, 2.24) is 4.90 Å². The summed E-state index contributed by atoms with van der Waals surface area (Å²) in [5.74, 6) is 2.30. The van der Waals surface area contributed by atoms with E-state index in [0.29, 0.717) is 19.4 Å². The number of methoxy groups -OCH3 is 1. The van der Waals surface area contributed by atoms with Crippen molar-refractivity contribution in [2.75, 3.05) is 13.7 Å². The van der Waals surface area contributed by atoms with Gasteiger partial charge in [0, 0.05) is 17.0 Å². The maximum Gasteiger partial charge on any atom is 0.307 e. The maximum absolute atomic E-state index is 13.2. The molecule has 1 aromatic heterocycles. The Bertz CT molecular complexity index is 604. The fourth-order valence-corrected chi connectivity index (χ4v) is 6.68. The Morgan fingerprint density at radius 2 is 1.84 bits per heavy atom. The highest BCUT2D eigenvalue weighted by Gasteiger charge is 2.54. The van der Waals surface area contributed by atoms with Crippen LogP contribution in [0, 0.1) is 17.8 Å². The number of carbonyl (C=O) groups is 2. The molecule has 0 N–H and O–H groups in total. The zero-order valence-electron chi connectivity index (χ0n) is 14.9. The first-order chi connectivity index (χ1) is 12.1. The molecule has 4 bridgehead atoms. The Labute approximate surface area is 153 Å². The van der Waals surface area contributed by atoms with Gasteiger partial charge in [0.15, 0.2) is 0 Å². The summed E-state index contributed by atoms with van der Waals surface area (Å²) >= 11 is 1.64. The molecule has 25 heavy (non-hydrogen) atoms. The topological polar surface area (TPSA) is 46.6 Å². The van der Waals surface area contributed by atoms with Crippen molar-refractivity contribution >= 4 is 23.2 Å². The van der Waals surface area contributed by atoms with Crippen LogP contribution in [0.5, 0.6) is 0 Å². The number of rotatable bonds is 6. The molecule has 4 aliphatic rings. The third-order valence-electron chi connectivity index (χ3n) is 6.55. The van der Waals surface area contributed by atoms with Crippen LogP contribution in [-0.2, 0) is 20.7 Å². The van der Waals surface area contributed by atoms with Gasteiger partial charge in [0.2, 0.25) is 5.91 Å². The lowest BCUT2D eigenvalue weighted by Gasteiger charge is -2.60. The number of carbonyl (C=O) groups excluding carboxylic acids is 2. The van der Waals surface area contributed by atoms with E-state index in [1.165, 1.54) is 26.4 Å². The van der Waals surface area contributed by atoms with E-state index in [4.69, 9.17) is 4.74 Å². The highest BCUT2D eigenvalue weighted by molar-refractivity contribution is 7.10. The second-order valence-electron chi connectivity index (χ2n) is 8.27. The molecule has 1 aromatic rings. The lowest BCUT2D eigenvalue weighted by molar-refractivity contribution is -0.152.